The van der Waals surface area contributed by atoms with E-state index in [-0.39, 0.29) is 5.91 Å². The summed E-state index contributed by atoms with van der Waals surface area (Å²) in [5, 5.41) is 3.58. The molecule has 0 aliphatic carbocycles. The van der Waals surface area contributed by atoms with E-state index in [1.807, 2.05) is 6.92 Å². The summed E-state index contributed by atoms with van der Waals surface area (Å²) >= 11 is 12.7. The molecule has 0 unspecified atom stereocenters. The first kappa shape index (κ1) is 14.4. The van der Waals surface area contributed by atoms with Crippen molar-refractivity contribution in [1.82, 2.24) is 5.32 Å². The van der Waals surface area contributed by atoms with Crippen LogP contribution in [0.2, 0.25) is 10.0 Å². The van der Waals surface area contributed by atoms with Crippen molar-refractivity contribution in [2.75, 3.05) is 38.3 Å². The Kier molecular flexibility index (Phi) is 4.55. The molecule has 104 valence electrons. The molecule has 4 nitrogen and oxygen atoms in total. The number of carbonyl (C=O) groups excluding carboxylic acids is 1. The van der Waals surface area contributed by atoms with Gasteiger partial charge in [0.2, 0.25) is 0 Å². The number of aryl methyl sites for hydroxylation is 1. The summed E-state index contributed by atoms with van der Waals surface area (Å²) in [7, 11) is 1.58. The molecule has 1 amide bonds. The predicted octanol–water partition coefficient (Wildman–Crippen LogP) is 2.50. The summed E-state index contributed by atoms with van der Waals surface area (Å²) in [5.74, 6) is -0.200. The lowest BCUT2D eigenvalue weighted by Crippen LogP contribution is -2.37. The molecule has 0 bridgehead atoms. The second kappa shape index (κ2) is 5.99. The molecule has 1 aromatic rings. The quantitative estimate of drug-likeness (QED) is 0.912. The molecule has 0 atom stereocenters. The van der Waals surface area contributed by atoms with E-state index in [0.29, 0.717) is 28.8 Å². The fraction of sp³-hybridized carbons (Fsp3) is 0.462. The van der Waals surface area contributed by atoms with Gasteiger partial charge in [0.1, 0.15) is 0 Å². The molecule has 0 spiro atoms. The maximum atomic E-state index is 11.9. The van der Waals surface area contributed by atoms with Gasteiger partial charge in [-0.2, -0.15) is 0 Å². The molecule has 6 heteroatoms. The second-order valence-corrected chi connectivity index (χ2v) is 5.18. The summed E-state index contributed by atoms with van der Waals surface area (Å²) in [6.07, 6.45) is 0. The van der Waals surface area contributed by atoms with Crippen LogP contribution in [0.1, 0.15) is 15.9 Å². The zero-order valence-electron chi connectivity index (χ0n) is 10.9. The molecule has 1 aliphatic heterocycles. The Labute approximate surface area is 122 Å². The van der Waals surface area contributed by atoms with Crippen LogP contribution >= 0.6 is 23.2 Å². The van der Waals surface area contributed by atoms with Gasteiger partial charge in [-0.1, -0.05) is 23.2 Å². The molecular weight excluding hydrogens is 287 g/mol. The largest absolute Gasteiger partial charge is 0.378 e. The van der Waals surface area contributed by atoms with Gasteiger partial charge in [-0.25, -0.2) is 0 Å². The topological polar surface area (TPSA) is 41.6 Å². The highest BCUT2D eigenvalue weighted by Gasteiger charge is 2.23. The van der Waals surface area contributed by atoms with Crippen LogP contribution in [-0.4, -0.2) is 39.3 Å². The number of hydrogen-bond acceptors (Lipinski definition) is 3. The Morgan fingerprint density at radius 2 is 2.00 bits per heavy atom. The molecule has 0 saturated carbocycles. The van der Waals surface area contributed by atoms with Gasteiger partial charge < -0.3 is 15.0 Å². The van der Waals surface area contributed by atoms with Crippen LogP contribution in [-0.2, 0) is 4.74 Å². The highest BCUT2D eigenvalue weighted by molar-refractivity contribution is 6.41. The van der Waals surface area contributed by atoms with Gasteiger partial charge in [-0.15, -0.1) is 0 Å². The summed E-state index contributed by atoms with van der Waals surface area (Å²) in [6.45, 7) is 4.53. The SMILES string of the molecule is CNC(=O)c1c(C)cc(Cl)c(N2CCOCC2)c1Cl. The molecule has 19 heavy (non-hydrogen) atoms. The van der Waals surface area contributed by atoms with Crippen molar-refractivity contribution in [1.29, 1.82) is 0 Å². The van der Waals surface area contributed by atoms with Gasteiger partial charge in [0.05, 0.1) is 34.5 Å². The number of hydrogen-bond donors (Lipinski definition) is 1. The third-order valence-electron chi connectivity index (χ3n) is 3.17. The minimum Gasteiger partial charge on any atom is -0.378 e. The number of morpholine rings is 1. The third kappa shape index (κ3) is 2.81. The maximum Gasteiger partial charge on any atom is 0.252 e. The molecule has 2 rings (SSSR count). The van der Waals surface area contributed by atoms with Crippen LogP contribution in [0, 0.1) is 6.92 Å². The second-order valence-electron chi connectivity index (χ2n) is 4.39. The lowest BCUT2D eigenvalue weighted by molar-refractivity contribution is 0.0962. The van der Waals surface area contributed by atoms with Crippen molar-refractivity contribution in [3.8, 4) is 0 Å². The first-order chi connectivity index (χ1) is 9.06. The average molecular weight is 303 g/mol. The van der Waals surface area contributed by atoms with E-state index < -0.39 is 0 Å². The smallest absolute Gasteiger partial charge is 0.252 e. The standard InChI is InChI=1S/C13H16Cl2N2O2/c1-8-7-9(14)12(17-3-5-19-6-4-17)11(15)10(8)13(18)16-2/h7H,3-6H2,1-2H3,(H,16,18). The van der Waals surface area contributed by atoms with E-state index in [2.05, 4.69) is 10.2 Å². The highest BCUT2D eigenvalue weighted by Crippen LogP contribution is 2.38. The number of amides is 1. The van der Waals surface area contributed by atoms with Gasteiger partial charge in [0.15, 0.2) is 0 Å². The lowest BCUT2D eigenvalue weighted by Gasteiger charge is -2.31. The molecule has 1 N–H and O–H groups in total. The Morgan fingerprint density at radius 3 is 2.58 bits per heavy atom. The first-order valence-electron chi connectivity index (χ1n) is 6.09. The van der Waals surface area contributed by atoms with E-state index in [4.69, 9.17) is 27.9 Å². The average Bonchev–Trinajstić information content (AvgIpc) is 2.39. The fourth-order valence-corrected chi connectivity index (χ4v) is 3.09. The van der Waals surface area contributed by atoms with E-state index in [1.165, 1.54) is 0 Å². The summed E-state index contributed by atoms with van der Waals surface area (Å²) < 4.78 is 5.32. The lowest BCUT2D eigenvalue weighted by atomic mass is 10.1. The van der Waals surface area contributed by atoms with Gasteiger partial charge in [0.25, 0.3) is 5.91 Å². The molecule has 0 radical (unpaired) electrons. The molecule has 1 heterocycles. The number of halogens is 2. The predicted molar refractivity (Wildman–Crippen MR) is 77.6 cm³/mol. The Morgan fingerprint density at radius 1 is 1.37 bits per heavy atom. The summed E-state index contributed by atoms with van der Waals surface area (Å²) in [4.78, 5) is 14.0. The van der Waals surface area contributed by atoms with Crippen LogP contribution in [0.25, 0.3) is 0 Å². The van der Waals surface area contributed by atoms with Gasteiger partial charge >= 0.3 is 0 Å². The number of rotatable bonds is 2. The van der Waals surface area contributed by atoms with Gasteiger partial charge in [0, 0.05) is 20.1 Å². The molecule has 0 aromatic heterocycles. The molecular formula is C13H16Cl2N2O2. The van der Waals surface area contributed by atoms with Crippen LogP contribution in [0.4, 0.5) is 5.69 Å². The normalized spacial score (nSPS) is 15.5. The maximum absolute atomic E-state index is 11.9. The zero-order valence-corrected chi connectivity index (χ0v) is 12.4. The van der Waals surface area contributed by atoms with Crippen LogP contribution in [0.5, 0.6) is 0 Å². The molecule has 1 aliphatic rings. The monoisotopic (exact) mass is 302 g/mol. The first-order valence-corrected chi connectivity index (χ1v) is 6.85. The van der Waals surface area contributed by atoms with Crippen LogP contribution in [0.15, 0.2) is 6.07 Å². The number of benzene rings is 1. The molecule has 1 fully saturated rings. The van der Waals surface area contributed by atoms with E-state index in [1.54, 1.807) is 13.1 Å². The van der Waals surface area contributed by atoms with Crippen LogP contribution in [0.3, 0.4) is 0 Å². The van der Waals surface area contributed by atoms with Crippen molar-refractivity contribution in [2.24, 2.45) is 0 Å². The highest BCUT2D eigenvalue weighted by atomic mass is 35.5. The number of nitrogens with zero attached hydrogens (tertiary/aromatic N) is 1. The Balaban J connectivity index is 2.50. The Hall–Kier alpha value is -0.970. The summed E-state index contributed by atoms with van der Waals surface area (Å²) in [5.41, 5.74) is 1.97. The van der Waals surface area contributed by atoms with Crippen molar-refractivity contribution < 1.29 is 9.53 Å². The number of ether oxygens (including phenoxy) is 1. The number of anilines is 1. The van der Waals surface area contributed by atoms with Gasteiger partial charge in [-0.05, 0) is 18.6 Å². The van der Waals surface area contributed by atoms with Crippen molar-refractivity contribution >= 4 is 34.8 Å². The number of nitrogens with one attached hydrogen (secondary N) is 1. The zero-order chi connectivity index (χ0) is 14.0. The third-order valence-corrected chi connectivity index (χ3v) is 3.83. The van der Waals surface area contributed by atoms with Gasteiger partial charge in [-0.3, -0.25) is 4.79 Å². The van der Waals surface area contributed by atoms with Crippen molar-refractivity contribution in [3.63, 3.8) is 0 Å². The van der Waals surface area contributed by atoms with E-state index in [0.717, 1.165) is 24.3 Å². The van der Waals surface area contributed by atoms with Crippen molar-refractivity contribution in [3.05, 3.63) is 27.2 Å². The van der Waals surface area contributed by atoms with Crippen molar-refractivity contribution in [2.45, 2.75) is 6.92 Å². The Bertz CT molecular complexity index is 500. The number of carbonyl (C=O) groups is 1. The van der Waals surface area contributed by atoms with Crippen LogP contribution < -0.4 is 10.2 Å². The molecule has 1 saturated heterocycles. The fourth-order valence-electron chi connectivity index (χ4n) is 2.21. The minimum atomic E-state index is -0.200. The van der Waals surface area contributed by atoms with E-state index >= 15 is 0 Å². The molecule has 1 aromatic carbocycles. The van der Waals surface area contributed by atoms with E-state index in [9.17, 15) is 4.79 Å². The minimum absolute atomic E-state index is 0.200. The summed E-state index contributed by atoms with van der Waals surface area (Å²) in [6, 6.07) is 1.78.